The van der Waals surface area contributed by atoms with Gasteiger partial charge in [0.2, 0.25) is 0 Å². The van der Waals surface area contributed by atoms with E-state index in [1.165, 1.54) is 22.7 Å². The van der Waals surface area contributed by atoms with Crippen LogP contribution < -0.4 is 10.6 Å². The number of carbonyl (C=O) groups is 1. The lowest BCUT2D eigenvalue weighted by Gasteiger charge is -2.06. The highest BCUT2D eigenvalue weighted by Gasteiger charge is 2.18. The Morgan fingerprint density at radius 2 is 1.90 bits per heavy atom. The number of thiazole rings is 1. The molecule has 0 aliphatic heterocycles. The van der Waals surface area contributed by atoms with Crippen molar-refractivity contribution in [3.63, 3.8) is 0 Å². The molecule has 146 valence electrons. The number of rotatable bonds is 3. The summed E-state index contributed by atoms with van der Waals surface area (Å²) in [6.45, 7) is 0. The summed E-state index contributed by atoms with van der Waals surface area (Å²) in [6, 6.07) is 13.2. The average molecular weight is 543 g/mol. The minimum Gasteiger partial charge on any atom is -0.308 e. The third kappa shape index (κ3) is 4.63. The van der Waals surface area contributed by atoms with Crippen LogP contribution in [0.25, 0.3) is 21.3 Å². The van der Waals surface area contributed by atoms with E-state index in [-0.39, 0.29) is 11.0 Å². The first-order chi connectivity index (χ1) is 13.9. The maximum atomic E-state index is 12.6. The first kappa shape index (κ1) is 20.7. The number of amides is 1. The molecule has 0 aliphatic carbocycles. The zero-order chi connectivity index (χ0) is 20.5. The first-order valence-corrected chi connectivity index (χ1v) is 11.8. The van der Waals surface area contributed by atoms with Crippen molar-refractivity contribution in [3.05, 3.63) is 67.2 Å². The van der Waals surface area contributed by atoms with Crippen molar-refractivity contribution in [2.45, 2.75) is 0 Å². The molecule has 2 aromatic carbocycles. The highest BCUT2D eigenvalue weighted by atomic mass is 79.9. The third-order valence-electron chi connectivity index (χ3n) is 3.89. The maximum Gasteiger partial charge on any atom is 0.269 e. The lowest BCUT2D eigenvalue weighted by atomic mass is 10.2. The minimum absolute atomic E-state index is 0.151. The molecule has 0 fully saturated rings. The molecule has 2 N–H and O–H groups in total. The van der Waals surface area contributed by atoms with Crippen LogP contribution in [0.3, 0.4) is 0 Å². The maximum absolute atomic E-state index is 12.6. The van der Waals surface area contributed by atoms with Gasteiger partial charge in [-0.3, -0.25) is 10.1 Å². The van der Waals surface area contributed by atoms with Gasteiger partial charge in [-0.15, -0.1) is 22.7 Å². The van der Waals surface area contributed by atoms with Gasteiger partial charge < -0.3 is 5.32 Å². The number of thiophene rings is 1. The van der Waals surface area contributed by atoms with Crippen LogP contribution in [0.15, 0.2) is 52.3 Å². The largest absolute Gasteiger partial charge is 0.308 e. The van der Waals surface area contributed by atoms with Gasteiger partial charge in [0.15, 0.2) is 10.2 Å². The summed E-state index contributed by atoms with van der Waals surface area (Å²) >= 11 is 23.7. The number of hydrogen-bond acceptors (Lipinski definition) is 5. The molecule has 4 aromatic rings. The molecule has 1 amide bonds. The molecule has 2 aromatic heterocycles. The van der Waals surface area contributed by atoms with Crippen LogP contribution in [0.2, 0.25) is 10.0 Å². The van der Waals surface area contributed by atoms with E-state index in [0.717, 1.165) is 25.8 Å². The van der Waals surface area contributed by atoms with Crippen LogP contribution in [0.5, 0.6) is 0 Å². The van der Waals surface area contributed by atoms with E-state index in [4.69, 9.17) is 35.4 Å². The third-order valence-corrected chi connectivity index (χ3v) is 7.27. The Morgan fingerprint density at radius 1 is 1.14 bits per heavy atom. The van der Waals surface area contributed by atoms with Crippen molar-refractivity contribution in [2.24, 2.45) is 0 Å². The van der Waals surface area contributed by atoms with Crippen LogP contribution in [0, 0.1) is 0 Å². The zero-order valence-electron chi connectivity index (χ0n) is 14.3. The molecular formula is C19H10BrCl2N3OS3. The highest BCUT2D eigenvalue weighted by molar-refractivity contribution is 9.10. The van der Waals surface area contributed by atoms with Gasteiger partial charge in [-0.1, -0.05) is 57.3 Å². The highest BCUT2D eigenvalue weighted by Crippen LogP contribution is 2.36. The van der Waals surface area contributed by atoms with Crippen LogP contribution >= 0.6 is 74.0 Å². The number of nitrogens with one attached hydrogen (secondary N) is 2. The van der Waals surface area contributed by atoms with Crippen LogP contribution in [-0.2, 0) is 0 Å². The molecular weight excluding hydrogens is 533 g/mol. The Bertz CT molecular complexity index is 1240. The molecule has 0 radical (unpaired) electrons. The van der Waals surface area contributed by atoms with Crippen LogP contribution in [0.4, 0.5) is 5.13 Å². The monoisotopic (exact) mass is 541 g/mol. The Labute approximate surface area is 198 Å². The Balaban J connectivity index is 1.45. The smallest absolute Gasteiger partial charge is 0.269 e. The van der Waals surface area contributed by atoms with E-state index in [9.17, 15) is 4.79 Å². The Kier molecular flexibility index (Phi) is 6.19. The van der Waals surface area contributed by atoms with E-state index in [2.05, 4.69) is 31.5 Å². The number of anilines is 1. The molecule has 0 saturated heterocycles. The molecule has 0 bridgehead atoms. The fourth-order valence-corrected chi connectivity index (χ4v) is 5.49. The number of hydrogen-bond donors (Lipinski definition) is 2. The van der Waals surface area contributed by atoms with E-state index in [0.29, 0.717) is 20.1 Å². The summed E-state index contributed by atoms with van der Waals surface area (Å²) in [5, 5.41) is 10.0. The molecule has 0 atom stereocenters. The second kappa shape index (κ2) is 8.67. The summed E-state index contributed by atoms with van der Waals surface area (Å²) in [5.41, 5.74) is 1.81. The summed E-state index contributed by atoms with van der Waals surface area (Å²) in [4.78, 5) is 17.5. The van der Waals surface area contributed by atoms with Crippen molar-refractivity contribution in [2.75, 3.05) is 5.32 Å². The fraction of sp³-hybridized carbons (Fsp3) is 0. The van der Waals surface area contributed by atoms with Crippen molar-refractivity contribution >= 4 is 100 Å². The predicted octanol–water partition coefficient (Wildman–Crippen LogP) is 7.22. The minimum atomic E-state index is -0.380. The quantitative estimate of drug-likeness (QED) is 0.268. The second-order valence-electron chi connectivity index (χ2n) is 5.84. The number of fused-ring (bicyclic) bond motifs is 1. The topological polar surface area (TPSA) is 54.0 Å². The summed E-state index contributed by atoms with van der Waals surface area (Å²) in [5.74, 6) is -0.380. The lowest BCUT2D eigenvalue weighted by molar-refractivity contribution is 0.0982. The molecule has 0 unspecified atom stereocenters. The van der Waals surface area contributed by atoms with Gasteiger partial charge in [0, 0.05) is 30.5 Å². The van der Waals surface area contributed by atoms with E-state index < -0.39 is 0 Å². The standard InChI is InChI=1S/C19H10BrCl2N3OS3/c20-10-3-1-9(2-4-10)13-8-28-19(23-13)25-18(27)24-17(26)16-15(22)12-6-5-11(21)7-14(12)29-16/h1-8H,(H2,23,24,25,26,27). The van der Waals surface area contributed by atoms with Gasteiger partial charge in [0.1, 0.15) is 4.88 Å². The van der Waals surface area contributed by atoms with Gasteiger partial charge in [-0.2, -0.15) is 0 Å². The van der Waals surface area contributed by atoms with Crippen LogP contribution in [-0.4, -0.2) is 16.0 Å². The fourth-order valence-electron chi connectivity index (χ4n) is 2.56. The summed E-state index contributed by atoms with van der Waals surface area (Å²) in [6.07, 6.45) is 0. The number of aromatic nitrogens is 1. The van der Waals surface area contributed by atoms with E-state index >= 15 is 0 Å². The molecule has 4 nitrogen and oxygen atoms in total. The Hall–Kier alpha value is -1.55. The van der Waals surface area contributed by atoms with Gasteiger partial charge >= 0.3 is 0 Å². The van der Waals surface area contributed by atoms with Gasteiger partial charge in [-0.05, 0) is 36.5 Å². The summed E-state index contributed by atoms with van der Waals surface area (Å²) in [7, 11) is 0. The predicted molar refractivity (Wildman–Crippen MR) is 131 cm³/mol. The van der Waals surface area contributed by atoms with E-state index in [1.54, 1.807) is 18.2 Å². The summed E-state index contributed by atoms with van der Waals surface area (Å²) < 4.78 is 1.84. The molecule has 0 spiro atoms. The normalized spacial score (nSPS) is 10.9. The number of halogens is 3. The van der Waals surface area contributed by atoms with Gasteiger partial charge in [0.05, 0.1) is 10.7 Å². The Morgan fingerprint density at radius 3 is 2.66 bits per heavy atom. The van der Waals surface area contributed by atoms with Crippen molar-refractivity contribution in [1.29, 1.82) is 0 Å². The van der Waals surface area contributed by atoms with Gasteiger partial charge in [0.25, 0.3) is 5.91 Å². The molecule has 4 rings (SSSR count). The van der Waals surface area contributed by atoms with Gasteiger partial charge in [-0.25, -0.2) is 4.98 Å². The SMILES string of the molecule is O=C(NC(=S)Nc1nc(-c2ccc(Br)cc2)cs1)c1sc2cc(Cl)ccc2c1Cl. The molecule has 2 heterocycles. The first-order valence-electron chi connectivity index (χ1n) is 8.12. The number of benzene rings is 2. The molecule has 10 heteroatoms. The average Bonchev–Trinajstić information content (AvgIpc) is 3.26. The van der Waals surface area contributed by atoms with Crippen LogP contribution in [0.1, 0.15) is 9.67 Å². The number of carbonyl (C=O) groups excluding carboxylic acids is 1. The molecule has 0 aliphatic rings. The zero-order valence-corrected chi connectivity index (χ0v) is 19.9. The molecule has 0 saturated carbocycles. The van der Waals surface area contributed by atoms with Crippen molar-refractivity contribution in [1.82, 2.24) is 10.3 Å². The lowest BCUT2D eigenvalue weighted by Crippen LogP contribution is -2.33. The molecule has 29 heavy (non-hydrogen) atoms. The second-order valence-corrected chi connectivity index (χ2v) is 9.89. The van der Waals surface area contributed by atoms with Crippen molar-refractivity contribution in [3.8, 4) is 11.3 Å². The number of thiocarbonyl (C=S) groups is 1. The number of nitrogens with zero attached hydrogens (tertiary/aromatic N) is 1. The van der Waals surface area contributed by atoms with E-state index in [1.807, 2.05) is 29.6 Å². The van der Waals surface area contributed by atoms with Crippen molar-refractivity contribution < 1.29 is 4.79 Å².